The van der Waals surface area contributed by atoms with Crippen molar-refractivity contribution in [2.24, 2.45) is 0 Å². The number of hydrogen-bond donors (Lipinski definition) is 0. The Morgan fingerprint density at radius 2 is 0.929 bits per heavy atom. The fourth-order valence-corrected chi connectivity index (χ4v) is 4.61. The fraction of sp³-hybridized carbons (Fsp3) is 0.667. The molecular formula is C24H36Br2O2. The van der Waals surface area contributed by atoms with E-state index in [9.17, 15) is 0 Å². The second-order valence-electron chi connectivity index (χ2n) is 7.85. The minimum absolute atomic E-state index is 0.793. The van der Waals surface area contributed by atoms with Crippen molar-refractivity contribution in [1.82, 2.24) is 0 Å². The Hall–Kier alpha value is -0.480. The lowest BCUT2D eigenvalue weighted by Gasteiger charge is -2.05. The summed E-state index contributed by atoms with van der Waals surface area (Å²) in [6.07, 6.45) is 17.7. The molecule has 0 aliphatic heterocycles. The van der Waals surface area contributed by atoms with Crippen molar-refractivity contribution in [2.75, 3.05) is 0 Å². The monoisotopic (exact) mass is 514 g/mol. The van der Waals surface area contributed by atoms with Gasteiger partial charge in [-0.25, -0.2) is 0 Å². The van der Waals surface area contributed by atoms with Crippen LogP contribution in [0, 0.1) is 0 Å². The molecule has 0 saturated heterocycles. The molecule has 2 heterocycles. The number of unbranched alkanes of at least 4 members (excludes halogenated alkanes) is 10. The smallest absolute Gasteiger partial charge is 0.174 e. The van der Waals surface area contributed by atoms with Crippen LogP contribution >= 0.6 is 31.9 Å². The Bertz CT molecular complexity index is 614. The predicted molar refractivity (Wildman–Crippen MR) is 126 cm³/mol. The van der Waals surface area contributed by atoms with Crippen molar-refractivity contribution >= 4 is 31.9 Å². The zero-order valence-electron chi connectivity index (χ0n) is 17.6. The number of aryl methyl sites for hydroxylation is 2. The molecule has 0 radical (unpaired) electrons. The molecule has 0 bridgehead atoms. The molecule has 0 aliphatic carbocycles. The minimum atomic E-state index is 0.793. The van der Waals surface area contributed by atoms with Crippen molar-refractivity contribution in [3.05, 3.63) is 32.6 Å². The average Bonchev–Trinajstić information content (AvgIpc) is 3.22. The number of hydrogen-bond acceptors (Lipinski definition) is 2. The normalized spacial score (nSPS) is 11.4. The molecule has 0 atom stereocenters. The summed E-state index contributed by atoms with van der Waals surface area (Å²) in [5.41, 5.74) is 2.52. The van der Waals surface area contributed by atoms with E-state index in [0.29, 0.717) is 0 Å². The van der Waals surface area contributed by atoms with E-state index < -0.39 is 0 Å². The highest BCUT2D eigenvalue weighted by molar-refractivity contribution is 9.10. The molecule has 0 spiro atoms. The lowest BCUT2D eigenvalue weighted by molar-refractivity contribution is 0.494. The number of furan rings is 2. The van der Waals surface area contributed by atoms with Crippen molar-refractivity contribution in [1.29, 1.82) is 0 Å². The molecule has 28 heavy (non-hydrogen) atoms. The molecule has 2 aromatic heterocycles. The standard InChI is InChI=1S/C24H36Br2O2/c1-3-5-7-9-11-13-15-19-17-21(25)27-23(19)24-20(18-22(26)28-24)16-14-12-10-8-6-4-2/h17-18H,3-16H2,1-2H3. The maximum Gasteiger partial charge on any atom is 0.174 e. The minimum Gasteiger partial charge on any atom is -0.446 e. The van der Waals surface area contributed by atoms with Gasteiger partial charge in [-0.3, -0.25) is 0 Å². The number of rotatable bonds is 15. The van der Waals surface area contributed by atoms with E-state index in [4.69, 9.17) is 8.83 Å². The molecule has 0 saturated carbocycles. The fourth-order valence-electron chi connectivity index (χ4n) is 3.74. The summed E-state index contributed by atoms with van der Waals surface area (Å²) in [6.45, 7) is 4.53. The van der Waals surface area contributed by atoms with Gasteiger partial charge in [-0.1, -0.05) is 78.1 Å². The van der Waals surface area contributed by atoms with Crippen molar-refractivity contribution in [2.45, 2.75) is 104 Å². The van der Waals surface area contributed by atoms with Crippen LogP contribution < -0.4 is 0 Å². The molecule has 0 aliphatic rings. The molecular weight excluding hydrogens is 480 g/mol. The van der Waals surface area contributed by atoms with Crippen molar-refractivity contribution in [3.63, 3.8) is 0 Å². The third-order valence-electron chi connectivity index (χ3n) is 5.36. The largest absolute Gasteiger partial charge is 0.446 e. The molecule has 2 rings (SSSR count). The van der Waals surface area contributed by atoms with E-state index in [0.717, 1.165) is 33.7 Å². The maximum absolute atomic E-state index is 6.01. The van der Waals surface area contributed by atoms with Gasteiger partial charge in [-0.15, -0.1) is 0 Å². The third-order valence-corrected chi connectivity index (χ3v) is 6.14. The molecule has 4 heteroatoms. The van der Waals surface area contributed by atoms with Gasteiger partial charge >= 0.3 is 0 Å². The van der Waals surface area contributed by atoms with E-state index in [2.05, 4.69) is 57.8 Å². The Kier molecular flexibility index (Phi) is 11.6. The van der Waals surface area contributed by atoms with Crippen LogP contribution in [0.2, 0.25) is 0 Å². The third kappa shape index (κ3) is 8.10. The Morgan fingerprint density at radius 1 is 0.571 bits per heavy atom. The van der Waals surface area contributed by atoms with Crippen LogP contribution in [0.25, 0.3) is 11.5 Å². The predicted octanol–water partition coefficient (Wildman–Crippen LogP) is 9.87. The molecule has 0 unspecified atom stereocenters. The first-order valence-electron chi connectivity index (χ1n) is 11.2. The molecule has 2 aromatic rings. The van der Waals surface area contributed by atoms with Gasteiger partial charge in [-0.2, -0.15) is 0 Å². The maximum atomic E-state index is 6.01. The van der Waals surface area contributed by atoms with Gasteiger partial charge in [0.15, 0.2) is 20.9 Å². The van der Waals surface area contributed by atoms with Crippen molar-refractivity contribution < 1.29 is 8.83 Å². The van der Waals surface area contributed by atoms with Gasteiger partial charge in [0.25, 0.3) is 0 Å². The second-order valence-corrected chi connectivity index (χ2v) is 9.41. The Labute approximate surface area is 188 Å². The van der Waals surface area contributed by atoms with Gasteiger partial charge in [0.1, 0.15) is 0 Å². The van der Waals surface area contributed by atoms with Crippen LogP contribution in [0.3, 0.4) is 0 Å². The lowest BCUT2D eigenvalue weighted by Crippen LogP contribution is -1.90. The van der Waals surface area contributed by atoms with Gasteiger partial charge in [0.05, 0.1) is 0 Å². The second kappa shape index (κ2) is 13.7. The van der Waals surface area contributed by atoms with Crippen LogP contribution in [0.4, 0.5) is 0 Å². The zero-order chi connectivity index (χ0) is 20.2. The first-order chi connectivity index (χ1) is 13.7. The van der Waals surface area contributed by atoms with Crippen LogP contribution in [0.5, 0.6) is 0 Å². The van der Waals surface area contributed by atoms with E-state index in [-0.39, 0.29) is 0 Å². The number of halogens is 2. The Morgan fingerprint density at radius 3 is 1.32 bits per heavy atom. The summed E-state index contributed by atoms with van der Waals surface area (Å²) in [5.74, 6) is 1.82. The van der Waals surface area contributed by atoms with Gasteiger partial charge in [0.2, 0.25) is 0 Å². The molecule has 2 nitrogen and oxygen atoms in total. The Balaban J connectivity index is 1.94. The summed E-state index contributed by atoms with van der Waals surface area (Å²) in [4.78, 5) is 0. The molecule has 0 N–H and O–H groups in total. The van der Waals surface area contributed by atoms with Crippen molar-refractivity contribution in [3.8, 4) is 11.5 Å². The molecule has 0 aromatic carbocycles. The summed E-state index contributed by atoms with van der Waals surface area (Å²) in [7, 11) is 0. The molecule has 0 amide bonds. The molecule has 0 fully saturated rings. The summed E-state index contributed by atoms with van der Waals surface area (Å²) >= 11 is 7.05. The van der Waals surface area contributed by atoms with Crippen LogP contribution in [0.1, 0.15) is 102 Å². The van der Waals surface area contributed by atoms with Crippen LogP contribution in [-0.4, -0.2) is 0 Å². The average molecular weight is 516 g/mol. The first kappa shape index (κ1) is 23.8. The topological polar surface area (TPSA) is 26.3 Å². The highest BCUT2D eigenvalue weighted by Crippen LogP contribution is 2.37. The van der Waals surface area contributed by atoms with Gasteiger partial charge in [0, 0.05) is 11.1 Å². The van der Waals surface area contributed by atoms with E-state index in [1.165, 1.54) is 88.2 Å². The van der Waals surface area contributed by atoms with Crippen LogP contribution in [0.15, 0.2) is 30.3 Å². The summed E-state index contributed by atoms with van der Waals surface area (Å²) in [5, 5.41) is 0. The lowest BCUT2D eigenvalue weighted by atomic mass is 10.0. The van der Waals surface area contributed by atoms with Crippen LogP contribution in [-0.2, 0) is 12.8 Å². The summed E-state index contributed by atoms with van der Waals surface area (Å²) in [6, 6.07) is 4.23. The first-order valence-corrected chi connectivity index (χ1v) is 12.8. The molecule has 158 valence electrons. The van der Waals surface area contributed by atoms with E-state index >= 15 is 0 Å². The van der Waals surface area contributed by atoms with E-state index in [1.54, 1.807) is 0 Å². The summed E-state index contributed by atoms with van der Waals surface area (Å²) < 4.78 is 13.6. The zero-order valence-corrected chi connectivity index (χ0v) is 20.8. The highest BCUT2D eigenvalue weighted by atomic mass is 79.9. The highest BCUT2D eigenvalue weighted by Gasteiger charge is 2.20. The van der Waals surface area contributed by atoms with Gasteiger partial charge in [-0.05, 0) is 69.7 Å². The SMILES string of the molecule is CCCCCCCCc1cc(Br)oc1-c1oc(Br)cc1CCCCCCCC. The van der Waals surface area contributed by atoms with E-state index in [1.807, 2.05) is 0 Å². The quantitative estimate of drug-likeness (QED) is 0.220. The van der Waals surface area contributed by atoms with Gasteiger partial charge < -0.3 is 8.83 Å².